The molecule has 0 aliphatic rings. The van der Waals surface area contributed by atoms with Crippen LogP contribution >= 0.6 is 0 Å². The molecular formula is C25H15F6N6O4+. The number of hydrogen-bond donors (Lipinski definition) is 0. The zero-order valence-electron chi connectivity index (χ0n) is 20.3. The standard InChI is InChI=1S/C25H15F6N6O4/c26-24(27,28)23(38)41-36-12-4-7-17(14-36)21-32-20(34-37(21)13-15-5-2-1-3-6-15)22-33-19(35-40-22)16-8-10-18(11-9-16)39-25(29,30)31/h1-12,14H,13H2/q+1. The maximum Gasteiger partial charge on any atom is 0.573 e. The van der Waals surface area contributed by atoms with E-state index in [1.165, 1.54) is 28.9 Å². The van der Waals surface area contributed by atoms with Gasteiger partial charge < -0.3 is 9.26 Å². The van der Waals surface area contributed by atoms with Crippen molar-refractivity contribution < 1.29 is 50.0 Å². The molecule has 0 aliphatic heterocycles. The summed E-state index contributed by atoms with van der Waals surface area (Å²) in [6.07, 6.45) is -7.84. The van der Waals surface area contributed by atoms with E-state index < -0.39 is 24.3 Å². The van der Waals surface area contributed by atoms with Crippen molar-refractivity contribution in [2.24, 2.45) is 0 Å². The smallest absolute Gasteiger partial charge is 0.406 e. The second-order valence-corrected chi connectivity index (χ2v) is 8.23. The largest absolute Gasteiger partial charge is 0.573 e. The first-order chi connectivity index (χ1) is 19.4. The Morgan fingerprint density at radius 2 is 1.61 bits per heavy atom. The Labute approximate surface area is 225 Å². The maximum atomic E-state index is 12.7. The molecule has 3 heterocycles. The lowest BCUT2D eigenvalue weighted by atomic mass is 10.2. The Hall–Kier alpha value is -5.28. The van der Waals surface area contributed by atoms with Gasteiger partial charge in [0.05, 0.1) is 12.1 Å². The van der Waals surface area contributed by atoms with E-state index in [4.69, 9.17) is 4.52 Å². The van der Waals surface area contributed by atoms with Crippen LogP contribution in [0.5, 0.6) is 5.75 Å². The molecule has 0 saturated carbocycles. The molecule has 210 valence electrons. The molecule has 0 bridgehead atoms. The number of carbonyl (C=O) groups is 1. The summed E-state index contributed by atoms with van der Waals surface area (Å²) in [5.41, 5.74) is 1.36. The Bertz CT molecular complexity index is 1670. The average Bonchev–Trinajstić information content (AvgIpc) is 3.56. The Balaban J connectivity index is 1.47. The van der Waals surface area contributed by atoms with Gasteiger partial charge >= 0.3 is 18.5 Å². The number of aromatic nitrogens is 6. The van der Waals surface area contributed by atoms with E-state index >= 15 is 0 Å². The van der Waals surface area contributed by atoms with Gasteiger partial charge in [0.15, 0.2) is 5.82 Å². The molecule has 41 heavy (non-hydrogen) atoms. The number of rotatable bonds is 7. The lowest BCUT2D eigenvalue weighted by Crippen LogP contribution is -2.49. The summed E-state index contributed by atoms with van der Waals surface area (Å²) in [7, 11) is 0. The molecule has 3 aromatic heterocycles. The molecule has 0 unspecified atom stereocenters. The van der Waals surface area contributed by atoms with Crippen molar-refractivity contribution in [1.29, 1.82) is 0 Å². The van der Waals surface area contributed by atoms with Crippen molar-refractivity contribution in [3.8, 4) is 40.2 Å². The van der Waals surface area contributed by atoms with Gasteiger partial charge in [0.1, 0.15) is 5.75 Å². The van der Waals surface area contributed by atoms with Crippen molar-refractivity contribution in [1.82, 2.24) is 24.9 Å². The third-order valence-corrected chi connectivity index (χ3v) is 5.26. The van der Waals surface area contributed by atoms with Gasteiger partial charge in [-0.05, 0) is 35.9 Å². The van der Waals surface area contributed by atoms with E-state index in [1.54, 1.807) is 12.1 Å². The van der Waals surface area contributed by atoms with Crippen molar-refractivity contribution >= 4 is 5.97 Å². The normalized spacial score (nSPS) is 11.9. The van der Waals surface area contributed by atoms with Gasteiger partial charge in [0, 0.05) is 16.4 Å². The van der Waals surface area contributed by atoms with E-state index in [2.05, 4.69) is 29.8 Å². The summed E-state index contributed by atoms with van der Waals surface area (Å²) in [5, 5.41) is 8.24. The summed E-state index contributed by atoms with van der Waals surface area (Å²) in [5.74, 6) is -2.85. The first kappa shape index (κ1) is 27.3. The molecular weight excluding hydrogens is 562 g/mol. The van der Waals surface area contributed by atoms with Crippen LogP contribution in [0, 0.1) is 0 Å². The maximum absolute atomic E-state index is 12.7. The predicted octanol–water partition coefficient (Wildman–Crippen LogP) is 4.41. The number of ether oxygens (including phenoxy) is 1. The van der Waals surface area contributed by atoms with E-state index in [9.17, 15) is 31.1 Å². The third-order valence-electron chi connectivity index (χ3n) is 5.26. The van der Waals surface area contributed by atoms with Crippen LogP contribution in [0.15, 0.2) is 83.6 Å². The molecule has 10 nitrogen and oxygen atoms in total. The molecule has 0 saturated heterocycles. The molecule has 0 atom stereocenters. The average molecular weight is 577 g/mol. The second kappa shape index (κ2) is 10.7. The SMILES string of the molecule is O=C(O[n+]1cccc(-c2nc(-c3nc(-c4ccc(OC(F)(F)F)cc4)no3)nn2Cc2ccccc2)c1)C(F)(F)F. The number of benzene rings is 2. The molecule has 16 heteroatoms. The second-order valence-electron chi connectivity index (χ2n) is 8.23. The van der Waals surface area contributed by atoms with E-state index in [0.29, 0.717) is 10.3 Å². The van der Waals surface area contributed by atoms with Crippen molar-refractivity contribution in [3.63, 3.8) is 0 Å². The van der Waals surface area contributed by atoms with Crippen LogP contribution in [0.3, 0.4) is 0 Å². The number of hydrogen-bond acceptors (Lipinski definition) is 8. The monoisotopic (exact) mass is 577 g/mol. The molecule has 5 rings (SSSR count). The minimum atomic E-state index is -5.20. The highest BCUT2D eigenvalue weighted by molar-refractivity contribution is 5.75. The zero-order chi connectivity index (χ0) is 29.2. The van der Waals surface area contributed by atoms with Crippen LogP contribution in [0.25, 0.3) is 34.5 Å². The Morgan fingerprint density at radius 1 is 0.878 bits per heavy atom. The van der Waals surface area contributed by atoms with Gasteiger partial charge in [-0.2, -0.15) is 23.0 Å². The van der Waals surface area contributed by atoms with Gasteiger partial charge in [0.25, 0.3) is 5.89 Å². The number of carbonyl (C=O) groups excluding carboxylic acids is 1. The molecule has 0 fully saturated rings. The van der Waals surface area contributed by atoms with Crippen LogP contribution in [-0.4, -0.2) is 43.4 Å². The van der Waals surface area contributed by atoms with Crippen LogP contribution in [0.2, 0.25) is 0 Å². The zero-order valence-corrected chi connectivity index (χ0v) is 20.3. The fourth-order valence-corrected chi connectivity index (χ4v) is 3.54. The van der Waals surface area contributed by atoms with Crippen molar-refractivity contribution in [2.45, 2.75) is 19.1 Å². The summed E-state index contributed by atoms with van der Waals surface area (Å²) in [4.78, 5) is 24.3. The van der Waals surface area contributed by atoms with Crippen molar-refractivity contribution in [3.05, 3.63) is 84.7 Å². The lowest BCUT2D eigenvalue weighted by molar-refractivity contribution is -0.870. The minimum absolute atomic E-state index is 0.0242. The van der Waals surface area contributed by atoms with Gasteiger partial charge in [-0.1, -0.05) is 35.5 Å². The van der Waals surface area contributed by atoms with Crippen LogP contribution in [0.1, 0.15) is 5.56 Å². The summed E-state index contributed by atoms with van der Waals surface area (Å²) < 4.78 is 86.5. The highest BCUT2D eigenvalue weighted by atomic mass is 19.4. The quantitative estimate of drug-likeness (QED) is 0.207. The van der Waals surface area contributed by atoms with E-state index in [1.807, 2.05) is 18.2 Å². The summed E-state index contributed by atoms with van der Waals surface area (Å²) in [6, 6.07) is 16.7. The van der Waals surface area contributed by atoms with E-state index in [-0.39, 0.29) is 35.5 Å². The Morgan fingerprint density at radius 3 is 2.29 bits per heavy atom. The fourth-order valence-electron chi connectivity index (χ4n) is 3.54. The van der Waals surface area contributed by atoms with Gasteiger partial charge in [-0.15, -0.1) is 18.3 Å². The number of alkyl halides is 6. The summed E-state index contributed by atoms with van der Waals surface area (Å²) >= 11 is 0. The number of pyridine rings is 1. The molecule has 5 aromatic rings. The fraction of sp³-hybridized carbons (Fsp3) is 0.120. The minimum Gasteiger partial charge on any atom is -0.406 e. The lowest BCUT2D eigenvalue weighted by Gasteiger charge is -2.08. The highest BCUT2D eigenvalue weighted by Crippen LogP contribution is 2.27. The molecule has 0 amide bonds. The molecule has 2 aromatic carbocycles. The first-order valence-electron chi connectivity index (χ1n) is 11.4. The van der Waals surface area contributed by atoms with Crippen LogP contribution < -0.4 is 14.3 Å². The van der Waals surface area contributed by atoms with Crippen molar-refractivity contribution in [2.75, 3.05) is 0 Å². The first-order valence-corrected chi connectivity index (χ1v) is 11.4. The van der Waals surface area contributed by atoms with Gasteiger partial charge in [-0.25, -0.2) is 14.5 Å². The molecule has 0 aliphatic carbocycles. The molecule has 0 radical (unpaired) electrons. The summed E-state index contributed by atoms with van der Waals surface area (Å²) in [6.45, 7) is 0.183. The number of halogens is 6. The predicted molar refractivity (Wildman–Crippen MR) is 124 cm³/mol. The third kappa shape index (κ3) is 6.66. The Kier molecular flexibility index (Phi) is 7.13. The number of nitrogens with zero attached hydrogens (tertiary/aromatic N) is 6. The van der Waals surface area contributed by atoms with E-state index in [0.717, 1.165) is 30.1 Å². The van der Waals surface area contributed by atoms with Gasteiger partial charge in [0.2, 0.25) is 24.0 Å². The van der Waals surface area contributed by atoms with Crippen LogP contribution in [-0.2, 0) is 11.3 Å². The highest BCUT2D eigenvalue weighted by Gasteiger charge is 2.44. The molecule has 0 N–H and O–H groups in total. The molecule has 0 spiro atoms. The topological polar surface area (TPSA) is 109 Å². The van der Waals surface area contributed by atoms with Gasteiger partial charge in [-0.3, -0.25) is 0 Å². The van der Waals surface area contributed by atoms with Crippen LogP contribution in [0.4, 0.5) is 26.3 Å².